The Balaban J connectivity index is 1.66. The maximum Gasteiger partial charge on any atom is 0.167 e. The van der Waals surface area contributed by atoms with Crippen molar-refractivity contribution in [3.8, 4) is 11.5 Å². The maximum absolute atomic E-state index is 6.19. The molecule has 3 nitrogen and oxygen atoms in total. The largest absolute Gasteiger partial charge is 0.493 e. The Morgan fingerprint density at radius 2 is 1.77 bits per heavy atom. The molecule has 0 amide bonds. The van der Waals surface area contributed by atoms with Crippen molar-refractivity contribution in [1.82, 2.24) is 5.32 Å². The summed E-state index contributed by atoms with van der Waals surface area (Å²) in [4.78, 5) is 0. The predicted octanol–water partition coefficient (Wildman–Crippen LogP) is 6.80. The Kier molecular flexibility index (Phi) is 8.61. The summed E-state index contributed by atoms with van der Waals surface area (Å²) in [7, 11) is 1.66. The SMILES string of the molecule is COc1ccc(Br)c(CNC(C)CCc2ccccc2)c1OCc1cccc(Cl)c1. The Bertz CT molecular complexity index is 949. The fraction of sp³-hybridized carbons (Fsp3) is 0.280. The summed E-state index contributed by atoms with van der Waals surface area (Å²) in [5, 5.41) is 4.32. The molecular formula is C25H27BrClNO2. The van der Waals surface area contributed by atoms with E-state index in [1.807, 2.05) is 36.4 Å². The first-order chi connectivity index (χ1) is 14.6. The van der Waals surface area contributed by atoms with Crippen LogP contribution in [0, 0.1) is 0 Å². The summed E-state index contributed by atoms with van der Waals surface area (Å²) in [6.45, 7) is 3.31. The monoisotopic (exact) mass is 487 g/mol. The molecule has 0 aliphatic rings. The van der Waals surface area contributed by atoms with E-state index in [2.05, 4.69) is 58.5 Å². The molecule has 0 radical (unpaired) electrons. The lowest BCUT2D eigenvalue weighted by molar-refractivity contribution is 0.280. The zero-order chi connectivity index (χ0) is 21.3. The van der Waals surface area contributed by atoms with Crippen molar-refractivity contribution in [2.75, 3.05) is 7.11 Å². The van der Waals surface area contributed by atoms with Crippen molar-refractivity contribution in [1.29, 1.82) is 0 Å². The number of nitrogens with one attached hydrogen (secondary N) is 1. The minimum absolute atomic E-state index is 0.365. The molecule has 0 heterocycles. The fourth-order valence-corrected chi connectivity index (χ4v) is 3.92. The van der Waals surface area contributed by atoms with Gasteiger partial charge in [0.1, 0.15) is 6.61 Å². The molecule has 0 aliphatic carbocycles. The van der Waals surface area contributed by atoms with E-state index in [4.69, 9.17) is 21.1 Å². The number of aryl methyl sites for hydroxylation is 1. The number of halogens is 2. The Morgan fingerprint density at radius 1 is 1.00 bits per heavy atom. The van der Waals surface area contributed by atoms with Crippen LogP contribution in [0.2, 0.25) is 5.02 Å². The zero-order valence-corrected chi connectivity index (χ0v) is 19.7. The molecule has 3 rings (SSSR count). The van der Waals surface area contributed by atoms with Crippen LogP contribution >= 0.6 is 27.5 Å². The van der Waals surface area contributed by atoms with Crippen LogP contribution in [0.5, 0.6) is 11.5 Å². The van der Waals surface area contributed by atoms with Crippen LogP contribution < -0.4 is 14.8 Å². The van der Waals surface area contributed by atoms with E-state index in [9.17, 15) is 0 Å². The van der Waals surface area contributed by atoms with Crippen LogP contribution in [0.25, 0.3) is 0 Å². The van der Waals surface area contributed by atoms with E-state index in [-0.39, 0.29) is 0 Å². The van der Waals surface area contributed by atoms with E-state index in [0.717, 1.165) is 34.2 Å². The molecule has 1 N–H and O–H groups in total. The summed E-state index contributed by atoms with van der Waals surface area (Å²) in [6, 6.07) is 22.5. The quantitative estimate of drug-likeness (QED) is 0.340. The first-order valence-corrected chi connectivity index (χ1v) is 11.2. The molecule has 30 heavy (non-hydrogen) atoms. The van der Waals surface area contributed by atoms with Gasteiger partial charge in [0.05, 0.1) is 7.11 Å². The lowest BCUT2D eigenvalue weighted by Gasteiger charge is -2.19. The first kappa shape index (κ1) is 22.7. The van der Waals surface area contributed by atoms with E-state index < -0.39 is 0 Å². The van der Waals surface area contributed by atoms with Crippen molar-refractivity contribution in [3.63, 3.8) is 0 Å². The number of hydrogen-bond acceptors (Lipinski definition) is 3. The highest BCUT2D eigenvalue weighted by atomic mass is 79.9. The third-order valence-electron chi connectivity index (χ3n) is 5.00. The second-order valence-corrected chi connectivity index (χ2v) is 8.57. The van der Waals surface area contributed by atoms with Gasteiger partial charge in [-0.2, -0.15) is 0 Å². The van der Waals surface area contributed by atoms with Gasteiger partial charge in [-0.3, -0.25) is 0 Å². The third kappa shape index (κ3) is 6.49. The third-order valence-corrected chi connectivity index (χ3v) is 5.97. The van der Waals surface area contributed by atoms with E-state index in [0.29, 0.717) is 30.0 Å². The number of methoxy groups -OCH3 is 1. The average Bonchev–Trinajstić information content (AvgIpc) is 2.76. The minimum Gasteiger partial charge on any atom is -0.493 e. The highest BCUT2D eigenvalue weighted by molar-refractivity contribution is 9.10. The van der Waals surface area contributed by atoms with Crippen molar-refractivity contribution in [3.05, 3.63) is 92.9 Å². The van der Waals surface area contributed by atoms with E-state index in [1.165, 1.54) is 5.56 Å². The molecule has 0 saturated carbocycles. The standard InChI is InChI=1S/C25H27BrClNO2/c1-18(11-12-19-7-4-3-5-8-19)28-16-22-23(26)13-14-24(29-2)25(22)30-17-20-9-6-10-21(27)15-20/h3-10,13-15,18,28H,11-12,16-17H2,1-2H3. The Labute approximate surface area is 192 Å². The van der Waals surface area contributed by atoms with Crippen LogP contribution in [-0.2, 0) is 19.6 Å². The predicted molar refractivity (Wildman–Crippen MR) is 128 cm³/mol. The number of benzene rings is 3. The summed E-state index contributed by atoms with van der Waals surface area (Å²) in [5.74, 6) is 1.46. The topological polar surface area (TPSA) is 30.5 Å². The van der Waals surface area contributed by atoms with Gasteiger partial charge < -0.3 is 14.8 Å². The molecule has 1 atom stereocenters. The lowest BCUT2D eigenvalue weighted by Crippen LogP contribution is -2.26. The van der Waals surface area contributed by atoms with Crippen LogP contribution in [-0.4, -0.2) is 13.2 Å². The molecule has 5 heteroatoms. The molecular weight excluding hydrogens is 462 g/mol. The smallest absolute Gasteiger partial charge is 0.167 e. The molecule has 158 valence electrons. The average molecular weight is 489 g/mol. The molecule has 0 aromatic heterocycles. The van der Waals surface area contributed by atoms with E-state index >= 15 is 0 Å². The van der Waals surface area contributed by atoms with Crippen molar-refractivity contribution < 1.29 is 9.47 Å². The van der Waals surface area contributed by atoms with Gasteiger partial charge in [0, 0.05) is 27.6 Å². The van der Waals surface area contributed by atoms with Gasteiger partial charge in [0.25, 0.3) is 0 Å². The molecule has 0 spiro atoms. The van der Waals surface area contributed by atoms with Gasteiger partial charge in [-0.1, -0.05) is 70.0 Å². The zero-order valence-electron chi connectivity index (χ0n) is 17.3. The van der Waals surface area contributed by atoms with Gasteiger partial charge in [0.2, 0.25) is 0 Å². The normalized spacial score (nSPS) is 11.9. The number of ether oxygens (including phenoxy) is 2. The maximum atomic E-state index is 6.19. The molecule has 0 bridgehead atoms. The first-order valence-electron chi connectivity index (χ1n) is 10.1. The molecule has 3 aromatic rings. The second kappa shape index (κ2) is 11.4. The number of rotatable bonds is 10. The van der Waals surface area contributed by atoms with Gasteiger partial charge >= 0.3 is 0 Å². The Morgan fingerprint density at radius 3 is 2.50 bits per heavy atom. The van der Waals surface area contributed by atoms with Crippen LogP contribution in [0.15, 0.2) is 71.2 Å². The van der Waals surface area contributed by atoms with Gasteiger partial charge in [-0.15, -0.1) is 0 Å². The summed E-state index contributed by atoms with van der Waals surface area (Å²) >= 11 is 9.78. The van der Waals surface area contributed by atoms with Crippen molar-refractivity contribution in [2.24, 2.45) is 0 Å². The van der Waals surface area contributed by atoms with Crippen molar-refractivity contribution >= 4 is 27.5 Å². The lowest BCUT2D eigenvalue weighted by atomic mass is 10.1. The van der Waals surface area contributed by atoms with Crippen molar-refractivity contribution in [2.45, 2.75) is 39.0 Å². The van der Waals surface area contributed by atoms with Crippen LogP contribution in [0.4, 0.5) is 0 Å². The van der Waals surface area contributed by atoms with Crippen LogP contribution in [0.1, 0.15) is 30.0 Å². The van der Waals surface area contributed by atoms with Crippen LogP contribution in [0.3, 0.4) is 0 Å². The highest BCUT2D eigenvalue weighted by Crippen LogP contribution is 2.37. The van der Waals surface area contributed by atoms with Gasteiger partial charge in [0.15, 0.2) is 11.5 Å². The van der Waals surface area contributed by atoms with E-state index in [1.54, 1.807) is 7.11 Å². The molecule has 3 aromatic carbocycles. The summed E-state index contributed by atoms with van der Waals surface area (Å²) < 4.78 is 12.7. The second-order valence-electron chi connectivity index (χ2n) is 7.28. The summed E-state index contributed by atoms with van der Waals surface area (Å²) in [5.41, 5.74) is 3.42. The molecule has 1 unspecified atom stereocenters. The van der Waals surface area contributed by atoms with Gasteiger partial charge in [-0.05, 0) is 55.2 Å². The number of hydrogen-bond donors (Lipinski definition) is 1. The Hall–Kier alpha value is -2.01. The van der Waals surface area contributed by atoms with Gasteiger partial charge in [-0.25, -0.2) is 0 Å². The highest BCUT2D eigenvalue weighted by Gasteiger charge is 2.16. The summed E-state index contributed by atoms with van der Waals surface area (Å²) in [6.07, 6.45) is 2.11. The molecule has 0 aliphatic heterocycles. The molecule has 0 fully saturated rings. The molecule has 0 saturated heterocycles. The minimum atomic E-state index is 0.365. The fourth-order valence-electron chi connectivity index (χ4n) is 3.25.